The van der Waals surface area contributed by atoms with Gasteiger partial charge in [0.25, 0.3) is 0 Å². The van der Waals surface area contributed by atoms with Crippen molar-refractivity contribution in [3.8, 4) is 0 Å². The van der Waals surface area contributed by atoms with Crippen LogP contribution in [0.5, 0.6) is 0 Å². The minimum absolute atomic E-state index is 0.00190. The average Bonchev–Trinajstić information content (AvgIpc) is 2.35. The topological polar surface area (TPSA) is 26.3 Å². The molecule has 0 N–H and O–H groups in total. The van der Waals surface area contributed by atoms with Crippen LogP contribution in [0, 0.1) is 11.8 Å². The van der Waals surface area contributed by atoms with E-state index in [1.54, 1.807) is 0 Å². The van der Waals surface area contributed by atoms with Crippen molar-refractivity contribution in [3.05, 3.63) is 0 Å². The molecule has 120 valence electrons. The van der Waals surface area contributed by atoms with E-state index < -0.39 is 0 Å². The molecule has 0 heterocycles. The van der Waals surface area contributed by atoms with Gasteiger partial charge >= 0.3 is 5.97 Å². The molecule has 0 saturated carbocycles. The summed E-state index contributed by atoms with van der Waals surface area (Å²) >= 11 is 0. The van der Waals surface area contributed by atoms with E-state index in [0.29, 0.717) is 5.92 Å². The summed E-state index contributed by atoms with van der Waals surface area (Å²) in [5.41, 5.74) is 0. The summed E-state index contributed by atoms with van der Waals surface area (Å²) < 4.78 is 5.36. The molecule has 2 nitrogen and oxygen atoms in total. The lowest BCUT2D eigenvalue weighted by molar-refractivity contribution is -0.154. The van der Waals surface area contributed by atoms with E-state index in [0.717, 1.165) is 12.8 Å². The zero-order valence-electron chi connectivity index (χ0n) is 14.4. The number of hydrogen-bond acceptors (Lipinski definition) is 2. The molecule has 1 unspecified atom stereocenters. The molecular weight excluding hydrogens is 248 g/mol. The van der Waals surface area contributed by atoms with Gasteiger partial charge in [-0.25, -0.2) is 0 Å². The SMILES string of the molecule is CCCCCCCCCCC(C(=O)OC(C)C)C(C)C. The zero-order valence-corrected chi connectivity index (χ0v) is 14.4. The highest BCUT2D eigenvalue weighted by molar-refractivity contribution is 5.72. The number of esters is 1. The lowest BCUT2D eigenvalue weighted by atomic mass is 9.90. The lowest BCUT2D eigenvalue weighted by Crippen LogP contribution is -2.25. The Bertz CT molecular complexity index is 234. The number of carbonyl (C=O) groups is 1. The second-order valence-corrected chi connectivity index (χ2v) is 6.60. The fourth-order valence-electron chi connectivity index (χ4n) is 2.54. The molecule has 0 aliphatic carbocycles. The summed E-state index contributed by atoms with van der Waals surface area (Å²) in [5, 5.41) is 0. The second-order valence-electron chi connectivity index (χ2n) is 6.60. The van der Waals surface area contributed by atoms with Gasteiger partial charge in [-0.15, -0.1) is 0 Å². The van der Waals surface area contributed by atoms with Gasteiger partial charge in [0.15, 0.2) is 0 Å². The predicted molar refractivity (Wildman–Crippen MR) is 86.8 cm³/mol. The van der Waals surface area contributed by atoms with Crippen molar-refractivity contribution >= 4 is 5.97 Å². The molecule has 0 aliphatic rings. The van der Waals surface area contributed by atoms with Crippen LogP contribution in [0.4, 0.5) is 0 Å². The smallest absolute Gasteiger partial charge is 0.309 e. The molecule has 0 aromatic rings. The summed E-state index contributed by atoms with van der Waals surface area (Å²) in [7, 11) is 0. The Morgan fingerprint density at radius 1 is 0.850 bits per heavy atom. The molecule has 0 saturated heterocycles. The minimum Gasteiger partial charge on any atom is -0.463 e. The van der Waals surface area contributed by atoms with Crippen LogP contribution in [0.25, 0.3) is 0 Å². The molecule has 2 heteroatoms. The molecule has 0 bridgehead atoms. The van der Waals surface area contributed by atoms with Crippen molar-refractivity contribution in [2.45, 2.75) is 98.5 Å². The van der Waals surface area contributed by atoms with Crippen molar-refractivity contribution in [3.63, 3.8) is 0 Å². The molecule has 0 radical (unpaired) electrons. The van der Waals surface area contributed by atoms with E-state index in [1.165, 1.54) is 44.9 Å². The molecule has 20 heavy (non-hydrogen) atoms. The van der Waals surface area contributed by atoms with E-state index in [2.05, 4.69) is 20.8 Å². The zero-order chi connectivity index (χ0) is 15.4. The Balaban J connectivity index is 3.74. The van der Waals surface area contributed by atoms with Gasteiger partial charge in [-0.2, -0.15) is 0 Å². The quantitative estimate of drug-likeness (QED) is 0.337. The normalized spacial score (nSPS) is 12.9. The maximum absolute atomic E-state index is 12.0. The fraction of sp³-hybridized carbons (Fsp3) is 0.944. The highest BCUT2D eigenvalue weighted by atomic mass is 16.5. The van der Waals surface area contributed by atoms with E-state index in [9.17, 15) is 4.79 Å². The Kier molecular flexibility index (Phi) is 11.9. The first kappa shape index (κ1) is 19.5. The summed E-state index contributed by atoms with van der Waals surface area (Å²) in [5.74, 6) is 0.459. The third kappa shape index (κ3) is 10.3. The Morgan fingerprint density at radius 3 is 1.80 bits per heavy atom. The van der Waals surface area contributed by atoms with Crippen LogP contribution in [0.3, 0.4) is 0 Å². The molecule has 0 amide bonds. The van der Waals surface area contributed by atoms with Gasteiger partial charge in [0, 0.05) is 0 Å². The minimum atomic E-state index is -0.00190. The Labute approximate surface area is 126 Å². The largest absolute Gasteiger partial charge is 0.463 e. The van der Waals surface area contributed by atoms with Crippen LogP contribution in [-0.2, 0) is 9.53 Å². The van der Waals surface area contributed by atoms with Gasteiger partial charge in [0.2, 0.25) is 0 Å². The highest BCUT2D eigenvalue weighted by Crippen LogP contribution is 2.21. The predicted octanol–water partition coefficient (Wildman–Crippen LogP) is 5.74. The molecule has 1 atom stereocenters. The number of rotatable bonds is 12. The van der Waals surface area contributed by atoms with Crippen molar-refractivity contribution < 1.29 is 9.53 Å². The number of hydrogen-bond donors (Lipinski definition) is 0. The van der Waals surface area contributed by atoms with Crippen LogP contribution >= 0.6 is 0 Å². The van der Waals surface area contributed by atoms with E-state index >= 15 is 0 Å². The lowest BCUT2D eigenvalue weighted by Gasteiger charge is -2.20. The van der Waals surface area contributed by atoms with Crippen molar-refractivity contribution in [2.75, 3.05) is 0 Å². The number of unbranched alkanes of at least 4 members (excludes halogenated alkanes) is 7. The third-order valence-electron chi connectivity index (χ3n) is 3.83. The van der Waals surface area contributed by atoms with Gasteiger partial charge in [0.05, 0.1) is 12.0 Å². The highest BCUT2D eigenvalue weighted by Gasteiger charge is 2.23. The molecule has 0 aromatic carbocycles. The van der Waals surface area contributed by atoms with Gasteiger partial charge in [-0.3, -0.25) is 4.79 Å². The molecule has 0 rings (SSSR count). The molecule has 0 aromatic heterocycles. The molecular formula is C18H36O2. The first-order valence-electron chi connectivity index (χ1n) is 8.69. The maximum atomic E-state index is 12.0. The summed E-state index contributed by atoms with van der Waals surface area (Å²) in [6, 6.07) is 0. The first-order valence-corrected chi connectivity index (χ1v) is 8.69. The van der Waals surface area contributed by atoms with E-state index in [4.69, 9.17) is 4.74 Å². The first-order chi connectivity index (χ1) is 9.49. The monoisotopic (exact) mass is 284 g/mol. The Morgan fingerprint density at radius 2 is 1.35 bits per heavy atom. The maximum Gasteiger partial charge on any atom is 0.309 e. The second kappa shape index (κ2) is 12.2. The fourth-order valence-corrected chi connectivity index (χ4v) is 2.54. The van der Waals surface area contributed by atoms with Crippen LogP contribution in [0.2, 0.25) is 0 Å². The average molecular weight is 284 g/mol. The van der Waals surface area contributed by atoms with Gasteiger partial charge < -0.3 is 4.74 Å². The standard InChI is InChI=1S/C18H36O2/c1-6-7-8-9-10-11-12-13-14-17(15(2)3)18(19)20-16(4)5/h15-17H,6-14H2,1-5H3. The summed E-state index contributed by atoms with van der Waals surface area (Å²) in [4.78, 5) is 12.0. The number of ether oxygens (including phenoxy) is 1. The van der Waals surface area contributed by atoms with Crippen LogP contribution in [-0.4, -0.2) is 12.1 Å². The van der Waals surface area contributed by atoms with Crippen LogP contribution in [0.1, 0.15) is 92.4 Å². The molecule has 0 spiro atoms. The number of carbonyl (C=O) groups excluding carboxylic acids is 1. The van der Waals surface area contributed by atoms with E-state index in [-0.39, 0.29) is 18.0 Å². The van der Waals surface area contributed by atoms with Crippen LogP contribution < -0.4 is 0 Å². The van der Waals surface area contributed by atoms with Crippen molar-refractivity contribution in [1.29, 1.82) is 0 Å². The van der Waals surface area contributed by atoms with Crippen LogP contribution in [0.15, 0.2) is 0 Å². The third-order valence-corrected chi connectivity index (χ3v) is 3.83. The van der Waals surface area contributed by atoms with Gasteiger partial charge in [-0.1, -0.05) is 72.1 Å². The van der Waals surface area contributed by atoms with Crippen molar-refractivity contribution in [2.24, 2.45) is 11.8 Å². The van der Waals surface area contributed by atoms with Gasteiger partial charge in [0.1, 0.15) is 0 Å². The molecule has 0 aliphatic heterocycles. The Hall–Kier alpha value is -0.530. The van der Waals surface area contributed by atoms with Gasteiger partial charge in [-0.05, 0) is 26.2 Å². The summed E-state index contributed by atoms with van der Waals surface area (Å²) in [6.07, 6.45) is 11.5. The van der Waals surface area contributed by atoms with Crippen molar-refractivity contribution in [1.82, 2.24) is 0 Å². The molecule has 0 fully saturated rings. The van der Waals surface area contributed by atoms with E-state index in [1.807, 2.05) is 13.8 Å². The summed E-state index contributed by atoms with van der Waals surface area (Å²) in [6.45, 7) is 10.3.